The van der Waals surface area contributed by atoms with Crippen molar-refractivity contribution in [2.45, 2.75) is 37.8 Å². The molecule has 0 bridgehead atoms. The van der Waals surface area contributed by atoms with Gasteiger partial charge in [-0.1, -0.05) is 25.0 Å². The number of rotatable bonds is 6. The van der Waals surface area contributed by atoms with Gasteiger partial charge in [0, 0.05) is 36.9 Å². The number of hydrogen-bond acceptors (Lipinski definition) is 6. The molecule has 4 aromatic rings. The third-order valence-corrected chi connectivity index (χ3v) is 6.30. The largest absolute Gasteiger partial charge is 0.347 e. The maximum atomic E-state index is 12.9. The van der Waals surface area contributed by atoms with E-state index in [1.807, 2.05) is 36.4 Å². The summed E-state index contributed by atoms with van der Waals surface area (Å²) in [4.78, 5) is 43.2. The van der Waals surface area contributed by atoms with Crippen molar-refractivity contribution < 1.29 is 9.59 Å². The molecule has 4 aromatic heterocycles. The van der Waals surface area contributed by atoms with Gasteiger partial charge in [-0.25, -0.2) is 0 Å². The summed E-state index contributed by atoms with van der Waals surface area (Å²) in [5, 5.41) is 6.20. The van der Waals surface area contributed by atoms with Crippen LogP contribution in [0.4, 0.5) is 0 Å². The van der Waals surface area contributed by atoms with Gasteiger partial charge in [-0.2, -0.15) is 0 Å². The molecule has 8 heteroatoms. The summed E-state index contributed by atoms with van der Waals surface area (Å²) in [5.41, 5.74) is 3.86. The Bertz CT molecular complexity index is 1210. The number of nitrogens with zero attached hydrogens (tertiary/aromatic N) is 4. The summed E-state index contributed by atoms with van der Waals surface area (Å²) in [7, 11) is 0. The van der Waals surface area contributed by atoms with Crippen LogP contribution in [-0.4, -0.2) is 43.8 Å². The molecule has 1 fully saturated rings. The molecule has 0 saturated heterocycles. The first-order valence-corrected chi connectivity index (χ1v) is 12.0. The van der Waals surface area contributed by atoms with Gasteiger partial charge in [0.15, 0.2) is 0 Å². The van der Waals surface area contributed by atoms with Gasteiger partial charge in [-0.3, -0.25) is 29.5 Å². The van der Waals surface area contributed by atoms with E-state index in [9.17, 15) is 9.59 Å². The minimum absolute atomic E-state index is 0.161. The van der Waals surface area contributed by atoms with Crippen LogP contribution in [-0.2, 0) is 0 Å². The van der Waals surface area contributed by atoms with Gasteiger partial charge in [-0.15, -0.1) is 0 Å². The second-order valence-electron chi connectivity index (χ2n) is 8.74. The Morgan fingerprint density at radius 2 is 1.03 bits per heavy atom. The van der Waals surface area contributed by atoms with Gasteiger partial charge < -0.3 is 10.6 Å². The number of carbonyl (C=O) groups excluding carboxylic acids is 2. The SMILES string of the molecule is O=C(N[C@H]1CCCC[C@@H]1NC(=O)c1ccc(-c2ccccn2)nc1)c1ccc(-c2ccccn2)nc1. The Morgan fingerprint density at radius 1 is 0.583 bits per heavy atom. The molecular weight excluding hydrogens is 452 g/mol. The highest BCUT2D eigenvalue weighted by Gasteiger charge is 2.28. The van der Waals surface area contributed by atoms with Gasteiger partial charge in [-0.05, 0) is 61.4 Å². The minimum atomic E-state index is -0.206. The molecule has 8 nitrogen and oxygen atoms in total. The van der Waals surface area contributed by atoms with Crippen LogP contribution in [0.5, 0.6) is 0 Å². The molecule has 1 saturated carbocycles. The lowest BCUT2D eigenvalue weighted by atomic mass is 9.89. The molecule has 36 heavy (non-hydrogen) atoms. The smallest absolute Gasteiger partial charge is 0.253 e. The fourth-order valence-corrected chi connectivity index (χ4v) is 4.37. The van der Waals surface area contributed by atoms with Crippen LogP contribution in [0.2, 0.25) is 0 Å². The molecule has 0 aliphatic heterocycles. The maximum Gasteiger partial charge on any atom is 0.253 e. The fraction of sp³-hybridized carbons (Fsp3) is 0.214. The van der Waals surface area contributed by atoms with E-state index in [0.29, 0.717) is 22.5 Å². The van der Waals surface area contributed by atoms with E-state index in [4.69, 9.17) is 0 Å². The van der Waals surface area contributed by atoms with Crippen LogP contribution in [0.1, 0.15) is 46.4 Å². The molecule has 180 valence electrons. The summed E-state index contributed by atoms with van der Waals surface area (Å²) < 4.78 is 0. The van der Waals surface area contributed by atoms with Crippen molar-refractivity contribution in [1.29, 1.82) is 0 Å². The van der Waals surface area contributed by atoms with Crippen LogP contribution >= 0.6 is 0 Å². The van der Waals surface area contributed by atoms with Crippen molar-refractivity contribution >= 4 is 11.8 Å². The standard InChI is InChI=1S/C28H26N6O2/c35-27(19-11-13-23(31-17-19)21-7-3-5-15-29-21)33-25-9-1-2-10-26(25)34-28(36)20-12-14-24(32-18-20)22-8-4-6-16-30-22/h3-8,11-18,25-26H,1-2,9-10H2,(H,33,35)(H,34,36)/t25-,26-/m0/s1. The zero-order chi connectivity index (χ0) is 24.7. The summed E-state index contributed by atoms with van der Waals surface area (Å²) >= 11 is 0. The number of hydrogen-bond donors (Lipinski definition) is 2. The summed E-state index contributed by atoms with van der Waals surface area (Å²) in [6, 6.07) is 18.0. The van der Waals surface area contributed by atoms with Crippen LogP contribution < -0.4 is 10.6 Å². The average molecular weight is 479 g/mol. The molecule has 0 aromatic carbocycles. The van der Waals surface area contributed by atoms with E-state index < -0.39 is 0 Å². The average Bonchev–Trinajstić information content (AvgIpc) is 2.95. The molecule has 2 atom stereocenters. The van der Waals surface area contributed by atoms with Crippen LogP contribution in [0, 0.1) is 0 Å². The zero-order valence-electron chi connectivity index (χ0n) is 19.7. The van der Waals surface area contributed by atoms with Crippen molar-refractivity contribution in [2.24, 2.45) is 0 Å². The highest BCUT2D eigenvalue weighted by atomic mass is 16.2. The second kappa shape index (κ2) is 10.9. The highest BCUT2D eigenvalue weighted by Crippen LogP contribution is 2.21. The third-order valence-electron chi connectivity index (χ3n) is 6.30. The number of amides is 2. The molecule has 1 aliphatic carbocycles. The van der Waals surface area contributed by atoms with E-state index >= 15 is 0 Å². The van der Waals surface area contributed by atoms with Crippen molar-refractivity contribution in [3.8, 4) is 22.8 Å². The molecule has 2 N–H and O–H groups in total. The Hall–Kier alpha value is -4.46. The Balaban J connectivity index is 1.22. The van der Waals surface area contributed by atoms with Crippen molar-refractivity contribution in [1.82, 2.24) is 30.6 Å². The number of nitrogens with one attached hydrogen (secondary N) is 2. The number of aromatic nitrogens is 4. The molecule has 0 spiro atoms. The lowest BCUT2D eigenvalue weighted by molar-refractivity contribution is 0.0862. The first-order chi connectivity index (χ1) is 17.7. The number of pyridine rings is 4. The van der Waals surface area contributed by atoms with Gasteiger partial charge >= 0.3 is 0 Å². The van der Waals surface area contributed by atoms with E-state index in [-0.39, 0.29) is 23.9 Å². The Kier molecular flexibility index (Phi) is 7.02. The van der Waals surface area contributed by atoms with Crippen molar-refractivity contribution in [3.05, 3.63) is 96.6 Å². The predicted octanol–water partition coefficient (Wildman–Crippen LogP) is 4.07. The zero-order valence-corrected chi connectivity index (χ0v) is 19.7. The van der Waals surface area contributed by atoms with Crippen molar-refractivity contribution in [3.63, 3.8) is 0 Å². The topological polar surface area (TPSA) is 110 Å². The van der Waals surface area contributed by atoms with Crippen LogP contribution in [0.15, 0.2) is 85.5 Å². The molecule has 0 unspecified atom stereocenters. The Labute approximate surface area is 209 Å². The molecule has 1 aliphatic rings. The normalized spacial score (nSPS) is 17.2. The maximum absolute atomic E-state index is 12.9. The van der Waals surface area contributed by atoms with Crippen molar-refractivity contribution in [2.75, 3.05) is 0 Å². The predicted molar refractivity (Wildman–Crippen MR) is 136 cm³/mol. The van der Waals surface area contributed by atoms with Gasteiger partial charge in [0.2, 0.25) is 0 Å². The van der Waals surface area contributed by atoms with Gasteiger partial charge in [0.25, 0.3) is 11.8 Å². The van der Waals surface area contributed by atoms with E-state index in [1.165, 1.54) is 0 Å². The van der Waals surface area contributed by atoms with Gasteiger partial charge in [0.05, 0.1) is 33.9 Å². The van der Waals surface area contributed by atoms with E-state index in [0.717, 1.165) is 37.1 Å². The fourth-order valence-electron chi connectivity index (χ4n) is 4.37. The Morgan fingerprint density at radius 3 is 1.39 bits per heavy atom. The van der Waals surface area contributed by atoms with Crippen LogP contribution in [0.25, 0.3) is 22.8 Å². The quantitative estimate of drug-likeness (QED) is 0.432. The van der Waals surface area contributed by atoms with Crippen LogP contribution in [0.3, 0.4) is 0 Å². The first-order valence-electron chi connectivity index (χ1n) is 12.0. The molecule has 4 heterocycles. The first kappa shape index (κ1) is 23.3. The molecular formula is C28H26N6O2. The molecule has 2 amide bonds. The van der Waals surface area contributed by atoms with E-state index in [1.54, 1.807) is 49.1 Å². The minimum Gasteiger partial charge on any atom is -0.347 e. The highest BCUT2D eigenvalue weighted by molar-refractivity contribution is 5.95. The second-order valence-corrected chi connectivity index (χ2v) is 8.74. The third kappa shape index (κ3) is 5.43. The lowest BCUT2D eigenvalue weighted by Crippen LogP contribution is -2.53. The monoisotopic (exact) mass is 478 g/mol. The van der Waals surface area contributed by atoms with E-state index in [2.05, 4.69) is 30.6 Å². The summed E-state index contributed by atoms with van der Waals surface area (Å²) in [6.07, 6.45) is 10.1. The molecule has 0 radical (unpaired) electrons. The number of carbonyl (C=O) groups is 2. The molecule has 5 rings (SSSR count). The summed E-state index contributed by atoms with van der Waals surface area (Å²) in [5.74, 6) is -0.412. The lowest BCUT2D eigenvalue weighted by Gasteiger charge is -2.32. The van der Waals surface area contributed by atoms with Gasteiger partial charge in [0.1, 0.15) is 0 Å². The summed E-state index contributed by atoms with van der Waals surface area (Å²) in [6.45, 7) is 0.